The number of phenols is 1. The van der Waals surface area contributed by atoms with Gasteiger partial charge in [-0.25, -0.2) is 4.68 Å². The summed E-state index contributed by atoms with van der Waals surface area (Å²) >= 11 is 9.64. The monoisotopic (exact) mass is 442 g/mol. The second kappa shape index (κ2) is 7.02. The lowest BCUT2D eigenvalue weighted by Gasteiger charge is -2.10. The maximum absolute atomic E-state index is 12.4. The van der Waals surface area contributed by atoms with E-state index in [1.165, 1.54) is 12.1 Å². The first-order valence-corrected chi connectivity index (χ1v) is 9.10. The molecule has 8 heteroatoms. The number of halogens is 2. The zero-order chi connectivity index (χ0) is 19.0. The average Bonchev–Trinajstić information content (AvgIpc) is 3.09. The molecule has 0 aliphatic heterocycles. The smallest absolute Gasteiger partial charge is 0.259 e. The molecule has 0 unspecified atom stereocenters. The zero-order valence-electron chi connectivity index (χ0n) is 13.7. The van der Waals surface area contributed by atoms with Gasteiger partial charge in [0.15, 0.2) is 0 Å². The van der Waals surface area contributed by atoms with E-state index >= 15 is 0 Å². The third-order valence-corrected chi connectivity index (χ3v) is 4.81. The van der Waals surface area contributed by atoms with Crippen molar-refractivity contribution < 1.29 is 9.90 Å². The Kier molecular flexibility index (Phi) is 4.55. The summed E-state index contributed by atoms with van der Waals surface area (Å²) in [5.41, 5.74) is 2.92. The van der Waals surface area contributed by atoms with Crippen molar-refractivity contribution in [2.75, 3.05) is 5.32 Å². The third kappa shape index (κ3) is 3.39. The van der Waals surface area contributed by atoms with Gasteiger partial charge in [0.25, 0.3) is 5.91 Å². The summed E-state index contributed by atoms with van der Waals surface area (Å²) in [6, 6.07) is 17.4. The van der Waals surface area contributed by atoms with Crippen molar-refractivity contribution in [2.45, 2.75) is 0 Å². The largest absolute Gasteiger partial charge is 0.507 e. The molecule has 4 rings (SSSR count). The summed E-state index contributed by atoms with van der Waals surface area (Å²) < 4.78 is 2.36. The Morgan fingerprint density at radius 3 is 2.74 bits per heavy atom. The van der Waals surface area contributed by atoms with E-state index < -0.39 is 5.91 Å². The quantitative estimate of drug-likeness (QED) is 0.477. The summed E-state index contributed by atoms with van der Waals surface area (Å²) in [6.45, 7) is 0. The maximum Gasteiger partial charge on any atom is 0.259 e. The highest BCUT2D eigenvalue weighted by Gasteiger charge is 2.14. The molecule has 0 bridgehead atoms. The van der Waals surface area contributed by atoms with Crippen LogP contribution >= 0.6 is 27.5 Å². The van der Waals surface area contributed by atoms with Crippen LogP contribution in [0.25, 0.3) is 16.7 Å². The first kappa shape index (κ1) is 17.5. The van der Waals surface area contributed by atoms with Crippen LogP contribution in [0.1, 0.15) is 10.4 Å². The molecule has 0 radical (unpaired) electrons. The number of carbonyl (C=O) groups excluding carboxylic acids is 1. The van der Waals surface area contributed by atoms with Crippen molar-refractivity contribution in [1.82, 2.24) is 15.0 Å². The van der Waals surface area contributed by atoms with Crippen molar-refractivity contribution in [3.8, 4) is 11.4 Å². The van der Waals surface area contributed by atoms with E-state index in [0.717, 1.165) is 16.7 Å². The first-order chi connectivity index (χ1) is 13.0. The number of fused-ring (bicyclic) bond motifs is 1. The average molecular weight is 444 g/mol. The van der Waals surface area contributed by atoms with E-state index in [4.69, 9.17) is 11.6 Å². The van der Waals surface area contributed by atoms with E-state index in [9.17, 15) is 9.90 Å². The van der Waals surface area contributed by atoms with E-state index in [2.05, 4.69) is 31.6 Å². The normalized spacial score (nSPS) is 10.9. The molecular weight excluding hydrogens is 432 g/mol. The predicted octanol–water partition coefficient (Wildman–Crippen LogP) is 4.79. The highest BCUT2D eigenvalue weighted by atomic mass is 79.9. The van der Waals surface area contributed by atoms with Crippen molar-refractivity contribution in [3.63, 3.8) is 0 Å². The Labute approximate surface area is 167 Å². The fourth-order valence-corrected chi connectivity index (χ4v) is 3.26. The van der Waals surface area contributed by atoms with E-state index in [1.54, 1.807) is 28.9 Å². The van der Waals surface area contributed by atoms with Gasteiger partial charge in [-0.15, -0.1) is 5.10 Å². The van der Waals surface area contributed by atoms with Crippen LogP contribution in [0, 0.1) is 0 Å². The fourth-order valence-electron chi connectivity index (χ4n) is 2.68. The molecule has 0 aliphatic rings. The molecular formula is C19H12BrClN4O2. The Bertz CT molecular complexity index is 1180. The Hall–Kier alpha value is -2.90. The summed E-state index contributed by atoms with van der Waals surface area (Å²) in [4.78, 5) is 12.4. The van der Waals surface area contributed by atoms with Gasteiger partial charge in [0.1, 0.15) is 11.3 Å². The molecule has 27 heavy (non-hydrogen) atoms. The molecule has 0 aliphatic carbocycles. The number of phenolic OH excluding ortho intramolecular Hbond substituents is 1. The van der Waals surface area contributed by atoms with Gasteiger partial charge < -0.3 is 10.4 Å². The summed E-state index contributed by atoms with van der Waals surface area (Å²) in [6.07, 6.45) is 0. The van der Waals surface area contributed by atoms with E-state index in [0.29, 0.717) is 15.2 Å². The molecule has 1 heterocycles. The number of nitrogens with one attached hydrogen (secondary N) is 1. The maximum atomic E-state index is 12.4. The molecule has 6 nitrogen and oxygen atoms in total. The number of amides is 1. The van der Waals surface area contributed by atoms with Gasteiger partial charge in [-0.3, -0.25) is 4.79 Å². The molecule has 3 aromatic carbocycles. The highest BCUT2D eigenvalue weighted by Crippen LogP contribution is 2.28. The Balaban J connectivity index is 1.64. The number of hydrogen-bond donors (Lipinski definition) is 2. The molecule has 1 aromatic heterocycles. The highest BCUT2D eigenvalue weighted by molar-refractivity contribution is 9.10. The lowest BCUT2D eigenvalue weighted by molar-refractivity contribution is 0.102. The molecule has 0 spiro atoms. The summed E-state index contributed by atoms with van der Waals surface area (Å²) in [7, 11) is 0. The number of benzene rings is 3. The van der Waals surface area contributed by atoms with Gasteiger partial charge in [-0.05, 0) is 48.5 Å². The van der Waals surface area contributed by atoms with Crippen LogP contribution in [-0.2, 0) is 0 Å². The SMILES string of the molecule is O=C(Nc1ccc(-n2nnc3ccccc32)cc1Cl)c1cc(Br)ccc1O. The van der Waals surface area contributed by atoms with Crippen LogP contribution in [0.5, 0.6) is 5.75 Å². The van der Waals surface area contributed by atoms with Crippen molar-refractivity contribution >= 4 is 50.2 Å². The number of rotatable bonds is 3. The van der Waals surface area contributed by atoms with Gasteiger partial charge >= 0.3 is 0 Å². The number of carbonyl (C=O) groups is 1. The second-order valence-corrected chi connectivity index (χ2v) is 7.09. The lowest BCUT2D eigenvalue weighted by atomic mass is 10.2. The molecule has 4 aromatic rings. The number of hydrogen-bond acceptors (Lipinski definition) is 4. The minimum absolute atomic E-state index is 0.113. The van der Waals surface area contributed by atoms with Gasteiger partial charge in [-0.2, -0.15) is 0 Å². The fraction of sp³-hybridized carbons (Fsp3) is 0. The minimum Gasteiger partial charge on any atom is -0.507 e. The van der Waals surface area contributed by atoms with Crippen LogP contribution in [0.3, 0.4) is 0 Å². The summed E-state index contributed by atoms with van der Waals surface area (Å²) in [5, 5.41) is 21.2. The molecule has 0 atom stereocenters. The molecule has 1 amide bonds. The van der Waals surface area contributed by atoms with Gasteiger partial charge in [0.05, 0.1) is 27.5 Å². The van der Waals surface area contributed by atoms with E-state index in [-0.39, 0.29) is 11.3 Å². The van der Waals surface area contributed by atoms with Crippen LogP contribution in [0.15, 0.2) is 65.1 Å². The van der Waals surface area contributed by atoms with Crippen molar-refractivity contribution in [1.29, 1.82) is 0 Å². The third-order valence-electron chi connectivity index (χ3n) is 4.00. The molecule has 0 fully saturated rings. The number of aromatic hydroxyl groups is 1. The van der Waals surface area contributed by atoms with Gasteiger partial charge in [-0.1, -0.05) is 44.9 Å². The number of nitrogens with zero attached hydrogens (tertiary/aromatic N) is 3. The van der Waals surface area contributed by atoms with Crippen LogP contribution in [-0.4, -0.2) is 26.0 Å². The van der Waals surface area contributed by atoms with Gasteiger partial charge in [0, 0.05) is 4.47 Å². The van der Waals surface area contributed by atoms with Crippen molar-refractivity contribution in [3.05, 3.63) is 75.7 Å². The molecule has 134 valence electrons. The van der Waals surface area contributed by atoms with Crippen molar-refractivity contribution in [2.24, 2.45) is 0 Å². The van der Waals surface area contributed by atoms with Crippen LogP contribution < -0.4 is 5.32 Å². The van der Waals surface area contributed by atoms with Gasteiger partial charge in [0.2, 0.25) is 0 Å². The lowest BCUT2D eigenvalue weighted by Crippen LogP contribution is -2.12. The number of anilines is 1. The molecule has 0 saturated heterocycles. The summed E-state index contributed by atoms with van der Waals surface area (Å²) in [5.74, 6) is -0.577. The van der Waals surface area contributed by atoms with Crippen LogP contribution in [0.2, 0.25) is 5.02 Å². The molecule has 0 saturated carbocycles. The number of aromatic nitrogens is 3. The number of para-hydroxylation sites is 1. The molecule has 2 N–H and O–H groups in total. The minimum atomic E-state index is -0.463. The van der Waals surface area contributed by atoms with Crippen LogP contribution in [0.4, 0.5) is 5.69 Å². The second-order valence-electron chi connectivity index (χ2n) is 5.77. The van der Waals surface area contributed by atoms with E-state index in [1.807, 2.05) is 24.3 Å². The standard InChI is InChI=1S/C19H12BrClN4O2/c20-11-5-8-18(26)13(9-11)19(27)22-15-7-6-12(10-14(15)21)25-17-4-2-1-3-16(17)23-24-25/h1-10,26H,(H,22,27). The topological polar surface area (TPSA) is 80.0 Å². The predicted molar refractivity (Wildman–Crippen MR) is 108 cm³/mol. The Morgan fingerprint density at radius 2 is 1.93 bits per heavy atom. The first-order valence-electron chi connectivity index (χ1n) is 7.93. The zero-order valence-corrected chi connectivity index (χ0v) is 16.1. The Morgan fingerprint density at radius 1 is 1.11 bits per heavy atom.